The summed E-state index contributed by atoms with van der Waals surface area (Å²) in [4.78, 5) is 41.0. The Hall–Kier alpha value is -3.22. The standard InChI is InChI=1S/C19H18N2O5/c1-10-5-6-13(7-11(10)2)14(22)8-25-19(24)15-12(3)26-17-16(15)18(23)21(4)9-20-17/h5-7,9H,8H2,1-4H3. The van der Waals surface area contributed by atoms with Gasteiger partial charge in [-0.1, -0.05) is 12.1 Å². The summed E-state index contributed by atoms with van der Waals surface area (Å²) in [6.45, 7) is 4.98. The highest BCUT2D eigenvalue weighted by Crippen LogP contribution is 2.21. The highest BCUT2D eigenvalue weighted by atomic mass is 16.5. The zero-order chi connectivity index (χ0) is 19.0. The predicted molar refractivity (Wildman–Crippen MR) is 94.5 cm³/mol. The molecule has 1 aromatic carbocycles. The first-order valence-electron chi connectivity index (χ1n) is 8.02. The van der Waals surface area contributed by atoms with Crippen LogP contribution in [0.4, 0.5) is 0 Å². The fourth-order valence-corrected chi connectivity index (χ4v) is 2.63. The molecule has 2 heterocycles. The van der Waals surface area contributed by atoms with Gasteiger partial charge in [-0.15, -0.1) is 0 Å². The SMILES string of the molecule is Cc1ccc(C(=O)COC(=O)c2c(C)oc3ncn(C)c(=O)c23)cc1C. The van der Waals surface area contributed by atoms with Crippen LogP contribution in [0.1, 0.15) is 37.6 Å². The number of esters is 1. The van der Waals surface area contributed by atoms with E-state index in [-0.39, 0.29) is 28.2 Å². The number of carbonyl (C=O) groups excluding carboxylic acids is 2. The van der Waals surface area contributed by atoms with Gasteiger partial charge in [0.1, 0.15) is 23.0 Å². The minimum atomic E-state index is -0.788. The molecule has 0 amide bonds. The van der Waals surface area contributed by atoms with Gasteiger partial charge in [-0.05, 0) is 38.0 Å². The van der Waals surface area contributed by atoms with Crippen LogP contribution in [0.3, 0.4) is 0 Å². The van der Waals surface area contributed by atoms with E-state index >= 15 is 0 Å². The molecule has 0 bridgehead atoms. The summed E-state index contributed by atoms with van der Waals surface area (Å²) in [6.07, 6.45) is 1.31. The normalized spacial score (nSPS) is 10.9. The van der Waals surface area contributed by atoms with Crippen LogP contribution < -0.4 is 5.56 Å². The molecule has 0 fully saturated rings. The Kier molecular flexibility index (Phi) is 4.46. The maximum atomic E-state index is 12.5. The summed E-state index contributed by atoms with van der Waals surface area (Å²) in [5, 5.41) is 0.0520. The Labute approximate surface area is 149 Å². The van der Waals surface area contributed by atoms with Crippen LogP contribution in [0.25, 0.3) is 11.1 Å². The Bertz CT molecular complexity index is 1090. The molecule has 26 heavy (non-hydrogen) atoms. The largest absolute Gasteiger partial charge is 0.454 e. The highest BCUT2D eigenvalue weighted by molar-refractivity contribution is 6.05. The van der Waals surface area contributed by atoms with Crippen LogP contribution in [0.5, 0.6) is 0 Å². The fraction of sp³-hybridized carbons (Fsp3) is 0.263. The Morgan fingerprint density at radius 3 is 2.62 bits per heavy atom. The summed E-state index contributed by atoms with van der Waals surface area (Å²) < 4.78 is 11.7. The van der Waals surface area contributed by atoms with Gasteiger partial charge in [-0.3, -0.25) is 9.59 Å². The molecule has 0 spiro atoms. The summed E-state index contributed by atoms with van der Waals surface area (Å²) >= 11 is 0. The third-order valence-electron chi connectivity index (χ3n) is 4.32. The molecule has 0 atom stereocenters. The fourth-order valence-electron chi connectivity index (χ4n) is 2.63. The molecule has 2 aromatic heterocycles. The minimum Gasteiger partial charge on any atom is -0.454 e. The number of aromatic nitrogens is 2. The number of ketones is 1. The summed E-state index contributed by atoms with van der Waals surface area (Å²) in [6, 6.07) is 5.29. The lowest BCUT2D eigenvalue weighted by molar-refractivity contribution is 0.0474. The lowest BCUT2D eigenvalue weighted by atomic mass is 10.0. The number of hydrogen-bond acceptors (Lipinski definition) is 6. The molecular formula is C19H18N2O5. The number of hydrogen-bond donors (Lipinski definition) is 0. The molecular weight excluding hydrogens is 336 g/mol. The molecule has 3 rings (SSSR count). The van der Waals surface area contributed by atoms with Gasteiger partial charge in [0.25, 0.3) is 5.56 Å². The van der Waals surface area contributed by atoms with Gasteiger partial charge >= 0.3 is 5.97 Å². The molecule has 7 heteroatoms. The summed E-state index contributed by atoms with van der Waals surface area (Å²) in [7, 11) is 1.52. The molecule has 134 valence electrons. The van der Waals surface area contributed by atoms with E-state index in [1.165, 1.54) is 17.9 Å². The number of nitrogens with zero attached hydrogens (tertiary/aromatic N) is 2. The topological polar surface area (TPSA) is 91.4 Å². The third kappa shape index (κ3) is 3.03. The monoisotopic (exact) mass is 354 g/mol. The second-order valence-electron chi connectivity index (χ2n) is 6.17. The average Bonchev–Trinajstić information content (AvgIpc) is 2.95. The van der Waals surface area contributed by atoms with Crippen LogP contribution in [0.2, 0.25) is 0 Å². The molecule has 0 aliphatic carbocycles. The van der Waals surface area contributed by atoms with Gasteiger partial charge < -0.3 is 13.7 Å². The van der Waals surface area contributed by atoms with E-state index in [4.69, 9.17) is 9.15 Å². The molecule has 3 aromatic rings. The van der Waals surface area contributed by atoms with Gasteiger partial charge in [0.05, 0.1) is 0 Å². The molecule has 0 unspecified atom stereocenters. The summed E-state index contributed by atoms with van der Waals surface area (Å²) in [5.74, 6) is -0.888. The molecule has 0 radical (unpaired) electrons. The number of Topliss-reactive ketones (excluding diaryl/α,β-unsaturated/α-hetero) is 1. The number of ether oxygens (including phenoxy) is 1. The van der Waals surface area contributed by atoms with Crippen LogP contribution in [-0.4, -0.2) is 27.9 Å². The van der Waals surface area contributed by atoms with Crippen molar-refractivity contribution in [2.75, 3.05) is 6.61 Å². The van der Waals surface area contributed by atoms with Crippen LogP contribution in [0.15, 0.2) is 33.7 Å². The van der Waals surface area contributed by atoms with E-state index in [9.17, 15) is 14.4 Å². The second-order valence-corrected chi connectivity index (χ2v) is 6.17. The first-order chi connectivity index (χ1) is 12.3. The van der Waals surface area contributed by atoms with Gasteiger partial charge in [-0.2, -0.15) is 0 Å². The Morgan fingerprint density at radius 2 is 1.92 bits per heavy atom. The van der Waals surface area contributed by atoms with Crippen molar-refractivity contribution in [1.82, 2.24) is 9.55 Å². The Balaban J connectivity index is 1.85. The molecule has 0 aliphatic rings. The first-order valence-corrected chi connectivity index (χ1v) is 8.02. The summed E-state index contributed by atoms with van der Waals surface area (Å²) in [5.41, 5.74) is 2.17. The van der Waals surface area contributed by atoms with Gasteiger partial charge in [0.2, 0.25) is 5.71 Å². The Morgan fingerprint density at radius 1 is 1.19 bits per heavy atom. The molecule has 0 N–H and O–H groups in total. The van der Waals surface area contributed by atoms with E-state index < -0.39 is 18.1 Å². The van der Waals surface area contributed by atoms with Crippen molar-refractivity contribution in [2.45, 2.75) is 20.8 Å². The third-order valence-corrected chi connectivity index (χ3v) is 4.32. The number of aryl methyl sites for hydroxylation is 4. The zero-order valence-electron chi connectivity index (χ0n) is 15.0. The highest BCUT2D eigenvalue weighted by Gasteiger charge is 2.24. The number of carbonyl (C=O) groups is 2. The van der Waals surface area contributed by atoms with E-state index in [2.05, 4.69) is 4.98 Å². The number of fused-ring (bicyclic) bond motifs is 1. The number of rotatable bonds is 4. The van der Waals surface area contributed by atoms with Crippen molar-refractivity contribution >= 4 is 22.9 Å². The second kappa shape index (κ2) is 6.59. The van der Waals surface area contributed by atoms with Crippen LogP contribution in [-0.2, 0) is 11.8 Å². The van der Waals surface area contributed by atoms with Gasteiger partial charge in [0, 0.05) is 12.6 Å². The molecule has 0 saturated carbocycles. The van der Waals surface area contributed by atoms with Gasteiger partial charge in [-0.25, -0.2) is 9.78 Å². The lowest BCUT2D eigenvalue weighted by Gasteiger charge is -2.06. The maximum absolute atomic E-state index is 12.5. The van der Waals surface area contributed by atoms with Crippen molar-refractivity contribution in [1.29, 1.82) is 0 Å². The molecule has 0 aliphatic heterocycles. The molecule has 0 saturated heterocycles. The van der Waals surface area contributed by atoms with Crippen LogP contribution >= 0.6 is 0 Å². The number of benzene rings is 1. The zero-order valence-corrected chi connectivity index (χ0v) is 15.0. The van der Waals surface area contributed by atoms with Crippen molar-refractivity contribution in [2.24, 2.45) is 7.05 Å². The predicted octanol–water partition coefficient (Wildman–Crippen LogP) is 2.49. The quantitative estimate of drug-likeness (QED) is 0.528. The average molecular weight is 354 g/mol. The van der Waals surface area contributed by atoms with E-state index in [1.54, 1.807) is 19.1 Å². The van der Waals surface area contributed by atoms with Crippen molar-refractivity contribution < 1.29 is 18.7 Å². The smallest absolute Gasteiger partial charge is 0.343 e. The molecule has 7 nitrogen and oxygen atoms in total. The first kappa shape index (κ1) is 17.6. The lowest BCUT2D eigenvalue weighted by Crippen LogP contribution is -2.20. The van der Waals surface area contributed by atoms with Crippen LogP contribution in [0, 0.1) is 20.8 Å². The van der Waals surface area contributed by atoms with E-state index in [0.717, 1.165) is 11.1 Å². The number of furan rings is 1. The van der Waals surface area contributed by atoms with Crippen molar-refractivity contribution in [3.8, 4) is 0 Å². The maximum Gasteiger partial charge on any atom is 0.343 e. The van der Waals surface area contributed by atoms with E-state index in [1.807, 2.05) is 19.9 Å². The minimum absolute atomic E-state index is 0.00147. The van der Waals surface area contributed by atoms with Gasteiger partial charge in [0.15, 0.2) is 12.4 Å². The van der Waals surface area contributed by atoms with Crippen molar-refractivity contribution in [3.63, 3.8) is 0 Å². The van der Waals surface area contributed by atoms with E-state index in [0.29, 0.717) is 5.56 Å². The van der Waals surface area contributed by atoms with Crippen molar-refractivity contribution in [3.05, 3.63) is 62.9 Å².